The van der Waals surface area contributed by atoms with Gasteiger partial charge >= 0.3 is 0 Å². The molecule has 0 saturated heterocycles. The largest absolute Gasteiger partial charge is 0.372 e. The van der Waals surface area contributed by atoms with Gasteiger partial charge in [-0.25, -0.2) is 0 Å². The van der Waals surface area contributed by atoms with Crippen molar-refractivity contribution in [2.24, 2.45) is 0 Å². The lowest BCUT2D eigenvalue weighted by molar-refractivity contribution is -0.403. The van der Waals surface area contributed by atoms with Gasteiger partial charge in [-0.3, -0.25) is 10.1 Å². The molecule has 0 heterocycles. The van der Waals surface area contributed by atoms with E-state index in [1.54, 1.807) is 0 Å². The molecule has 0 aromatic rings. The summed E-state index contributed by atoms with van der Waals surface area (Å²) in [5.41, 5.74) is 0. The van der Waals surface area contributed by atoms with E-state index < -0.39 is 4.92 Å². The summed E-state index contributed by atoms with van der Waals surface area (Å²) in [5.74, 6) is 0. The summed E-state index contributed by atoms with van der Waals surface area (Å²) < 4.78 is 0. The summed E-state index contributed by atoms with van der Waals surface area (Å²) in [6, 6.07) is 0.433. The molecule has 0 aliphatic heterocycles. The molecule has 0 spiro atoms. The number of hydrogen-bond donors (Lipinski definition) is 1. The van der Waals surface area contributed by atoms with Crippen LogP contribution >= 0.6 is 11.8 Å². The Bertz CT molecular complexity index is 225. The summed E-state index contributed by atoms with van der Waals surface area (Å²) >= 11 is 1.40. The second-order valence-electron chi connectivity index (χ2n) is 3.46. The normalized spacial score (nSPS) is 19.4. The Hall–Kier alpha value is -0.710. The quantitative estimate of drug-likeness (QED) is 0.579. The standard InChI is InChI=1S/C9H16N2O2S/c1-14-9(7-11(12)13)10-8-5-3-2-4-6-8/h7-8,10H,2-6H2,1H3. The second-order valence-corrected chi connectivity index (χ2v) is 4.31. The third kappa shape index (κ3) is 4.00. The third-order valence-electron chi connectivity index (χ3n) is 2.39. The monoisotopic (exact) mass is 216 g/mol. The van der Waals surface area contributed by atoms with Crippen LogP contribution in [-0.2, 0) is 0 Å². The minimum absolute atomic E-state index is 0.401. The van der Waals surface area contributed by atoms with Crippen molar-refractivity contribution in [3.8, 4) is 0 Å². The van der Waals surface area contributed by atoms with Gasteiger partial charge in [-0.05, 0) is 19.1 Å². The molecule has 14 heavy (non-hydrogen) atoms. The van der Waals surface area contributed by atoms with Gasteiger partial charge in [0.25, 0.3) is 6.20 Å². The molecule has 0 aromatic heterocycles. The molecule has 1 aliphatic rings. The molecule has 0 radical (unpaired) electrons. The van der Waals surface area contributed by atoms with E-state index in [2.05, 4.69) is 5.32 Å². The van der Waals surface area contributed by atoms with Crippen molar-refractivity contribution in [3.63, 3.8) is 0 Å². The number of nitrogens with one attached hydrogen (secondary N) is 1. The highest BCUT2D eigenvalue weighted by Crippen LogP contribution is 2.20. The topological polar surface area (TPSA) is 55.2 Å². The van der Waals surface area contributed by atoms with E-state index in [9.17, 15) is 10.1 Å². The summed E-state index contributed by atoms with van der Waals surface area (Å²) in [7, 11) is 0. The highest BCUT2D eigenvalue weighted by atomic mass is 32.2. The summed E-state index contributed by atoms with van der Waals surface area (Å²) in [6.07, 6.45) is 8.94. The van der Waals surface area contributed by atoms with E-state index in [0.717, 1.165) is 19.0 Å². The Morgan fingerprint density at radius 2 is 2.14 bits per heavy atom. The number of hydrogen-bond acceptors (Lipinski definition) is 4. The van der Waals surface area contributed by atoms with Crippen molar-refractivity contribution < 1.29 is 4.92 Å². The average Bonchev–Trinajstić information content (AvgIpc) is 2.17. The molecular weight excluding hydrogens is 200 g/mol. The van der Waals surface area contributed by atoms with Crippen molar-refractivity contribution in [1.29, 1.82) is 0 Å². The molecule has 1 N–H and O–H groups in total. The van der Waals surface area contributed by atoms with Crippen LogP contribution in [0.1, 0.15) is 32.1 Å². The SMILES string of the molecule is CSC(=C[N+](=O)[O-])NC1CCCCC1. The number of nitrogens with zero attached hydrogens (tertiary/aromatic N) is 1. The number of nitro groups is 1. The van der Waals surface area contributed by atoms with Gasteiger partial charge in [-0.2, -0.15) is 0 Å². The molecule has 80 valence electrons. The van der Waals surface area contributed by atoms with Gasteiger partial charge in [0.2, 0.25) is 0 Å². The zero-order valence-corrected chi connectivity index (χ0v) is 9.18. The smallest absolute Gasteiger partial charge is 0.263 e. The van der Waals surface area contributed by atoms with Gasteiger partial charge in [-0.1, -0.05) is 19.3 Å². The van der Waals surface area contributed by atoms with Crippen LogP contribution in [0, 0.1) is 10.1 Å². The van der Waals surface area contributed by atoms with Crippen molar-refractivity contribution in [2.75, 3.05) is 6.26 Å². The van der Waals surface area contributed by atoms with Gasteiger partial charge in [0.05, 0.1) is 4.92 Å². The molecule has 1 fully saturated rings. The Balaban J connectivity index is 2.42. The number of thioether (sulfide) groups is 1. The van der Waals surface area contributed by atoms with Crippen LogP contribution in [-0.4, -0.2) is 17.2 Å². The fourth-order valence-electron chi connectivity index (χ4n) is 1.69. The van der Waals surface area contributed by atoms with E-state index >= 15 is 0 Å². The van der Waals surface area contributed by atoms with Crippen LogP contribution in [0.2, 0.25) is 0 Å². The molecule has 1 aliphatic carbocycles. The molecular formula is C9H16N2O2S. The zero-order valence-electron chi connectivity index (χ0n) is 8.36. The molecule has 1 rings (SSSR count). The Labute approximate surface area is 88.3 Å². The van der Waals surface area contributed by atoms with Crippen LogP contribution in [0.25, 0.3) is 0 Å². The molecule has 4 nitrogen and oxygen atoms in total. The van der Waals surface area contributed by atoms with Gasteiger partial charge in [0.15, 0.2) is 0 Å². The molecule has 1 saturated carbocycles. The zero-order chi connectivity index (χ0) is 10.4. The highest BCUT2D eigenvalue weighted by molar-refractivity contribution is 8.02. The maximum absolute atomic E-state index is 10.3. The molecule has 0 unspecified atom stereocenters. The minimum Gasteiger partial charge on any atom is -0.372 e. The van der Waals surface area contributed by atoms with Crippen LogP contribution in [0.4, 0.5) is 0 Å². The first kappa shape index (κ1) is 11.4. The third-order valence-corrected chi connectivity index (χ3v) is 3.06. The van der Waals surface area contributed by atoms with Gasteiger partial charge < -0.3 is 5.32 Å². The van der Waals surface area contributed by atoms with Crippen molar-refractivity contribution in [1.82, 2.24) is 5.32 Å². The Morgan fingerprint density at radius 3 is 2.64 bits per heavy atom. The lowest BCUT2D eigenvalue weighted by Gasteiger charge is -2.23. The van der Waals surface area contributed by atoms with Crippen molar-refractivity contribution in [3.05, 3.63) is 21.3 Å². The Morgan fingerprint density at radius 1 is 1.50 bits per heavy atom. The lowest BCUT2D eigenvalue weighted by atomic mass is 9.96. The van der Waals surface area contributed by atoms with Crippen molar-refractivity contribution >= 4 is 11.8 Å². The van der Waals surface area contributed by atoms with E-state index in [1.165, 1.54) is 31.0 Å². The molecule has 0 aromatic carbocycles. The average molecular weight is 216 g/mol. The van der Waals surface area contributed by atoms with Crippen LogP contribution in [0.15, 0.2) is 11.2 Å². The maximum Gasteiger partial charge on any atom is 0.263 e. The van der Waals surface area contributed by atoms with E-state index in [4.69, 9.17) is 0 Å². The van der Waals surface area contributed by atoms with E-state index in [1.807, 2.05) is 6.26 Å². The predicted molar refractivity (Wildman–Crippen MR) is 58.6 cm³/mol. The van der Waals surface area contributed by atoms with Crippen LogP contribution in [0.5, 0.6) is 0 Å². The Kier molecular flexibility index (Phi) is 4.79. The summed E-state index contributed by atoms with van der Waals surface area (Å²) in [5, 5.41) is 14.2. The summed E-state index contributed by atoms with van der Waals surface area (Å²) in [6.45, 7) is 0. The predicted octanol–water partition coefficient (Wildman–Crippen LogP) is 2.35. The van der Waals surface area contributed by atoms with Crippen LogP contribution < -0.4 is 5.32 Å². The fourth-order valence-corrected chi connectivity index (χ4v) is 2.17. The molecule has 0 bridgehead atoms. The van der Waals surface area contributed by atoms with Crippen LogP contribution in [0.3, 0.4) is 0 Å². The first-order valence-corrected chi connectivity index (χ1v) is 6.10. The lowest BCUT2D eigenvalue weighted by Crippen LogP contribution is -2.29. The second kappa shape index (κ2) is 5.90. The van der Waals surface area contributed by atoms with Gasteiger partial charge in [0.1, 0.15) is 5.03 Å². The maximum atomic E-state index is 10.3. The molecule has 0 atom stereocenters. The highest BCUT2D eigenvalue weighted by Gasteiger charge is 2.14. The van der Waals surface area contributed by atoms with Gasteiger partial charge in [-0.15, -0.1) is 11.8 Å². The molecule has 5 heteroatoms. The van der Waals surface area contributed by atoms with Crippen molar-refractivity contribution in [2.45, 2.75) is 38.1 Å². The fraction of sp³-hybridized carbons (Fsp3) is 0.778. The first-order valence-electron chi connectivity index (χ1n) is 4.88. The van der Waals surface area contributed by atoms with E-state index in [-0.39, 0.29) is 0 Å². The van der Waals surface area contributed by atoms with Gasteiger partial charge in [0, 0.05) is 6.04 Å². The molecule has 0 amide bonds. The minimum atomic E-state index is -0.401. The number of rotatable bonds is 4. The summed E-state index contributed by atoms with van der Waals surface area (Å²) in [4.78, 5) is 9.88. The van der Waals surface area contributed by atoms with E-state index in [0.29, 0.717) is 11.1 Å². The first-order chi connectivity index (χ1) is 6.72.